The first-order valence-corrected chi connectivity index (χ1v) is 8.33. The number of nitrogens with zero attached hydrogens (tertiary/aromatic N) is 1. The Kier molecular flexibility index (Phi) is 4.25. The fourth-order valence-corrected chi connectivity index (χ4v) is 3.13. The maximum absolute atomic E-state index is 12.5. The van der Waals surface area contributed by atoms with E-state index in [1.165, 1.54) is 0 Å². The SMILES string of the molecule is Cc1ccc(C)c(OC[C@@H](O)CN2C(=O)N[C@@](C)(C3CC3)C2=O)c1. The number of benzene rings is 1. The van der Waals surface area contributed by atoms with Crippen LogP contribution in [0.5, 0.6) is 5.75 Å². The molecule has 0 unspecified atom stereocenters. The lowest BCUT2D eigenvalue weighted by Gasteiger charge is -2.22. The Bertz CT molecular complexity index is 671. The van der Waals surface area contributed by atoms with Crippen LogP contribution in [-0.4, -0.2) is 46.7 Å². The second-order valence-electron chi connectivity index (χ2n) is 7.06. The number of urea groups is 1. The van der Waals surface area contributed by atoms with E-state index >= 15 is 0 Å². The summed E-state index contributed by atoms with van der Waals surface area (Å²) in [6.07, 6.45) is 0.977. The maximum atomic E-state index is 12.5. The second-order valence-corrected chi connectivity index (χ2v) is 7.06. The number of ether oxygens (including phenoxy) is 1. The van der Waals surface area contributed by atoms with Crippen LogP contribution in [0.1, 0.15) is 30.9 Å². The van der Waals surface area contributed by atoms with Crippen LogP contribution in [0.2, 0.25) is 0 Å². The van der Waals surface area contributed by atoms with Gasteiger partial charge in [-0.25, -0.2) is 4.79 Å². The van der Waals surface area contributed by atoms with Crippen molar-refractivity contribution in [2.75, 3.05) is 13.2 Å². The molecular formula is C18H24N2O4. The molecule has 1 aliphatic carbocycles. The molecule has 1 saturated heterocycles. The molecular weight excluding hydrogens is 308 g/mol. The summed E-state index contributed by atoms with van der Waals surface area (Å²) < 4.78 is 5.65. The van der Waals surface area contributed by atoms with E-state index in [0.717, 1.165) is 28.9 Å². The number of imide groups is 1. The van der Waals surface area contributed by atoms with Crippen LogP contribution in [0, 0.1) is 19.8 Å². The van der Waals surface area contributed by atoms with Gasteiger partial charge in [-0.1, -0.05) is 12.1 Å². The third kappa shape index (κ3) is 3.11. The highest BCUT2D eigenvalue weighted by Gasteiger charge is 2.56. The molecule has 0 aromatic heterocycles. The zero-order valence-electron chi connectivity index (χ0n) is 14.3. The summed E-state index contributed by atoms with van der Waals surface area (Å²) in [6.45, 7) is 5.64. The van der Waals surface area contributed by atoms with Crippen molar-refractivity contribution in [1.82, 2.24) is 10.2 Å². The summed E-state index contributed by atoms with van der Waals surface area (Å²) >= 11 is 0. The second kappa shape index (κ2) is 6.09. The van der Waals surface area contributed by atoms with Crippen molar-refractivity contribution in [3.05, 3.63) is 29.3 Å². The minimum atomic E-state index is -0.929. The summed E-state index contributed by atoms with van der Waals surface area (Å²) in [7, 11) is 0. The Morgan fingerprint density at radius 1 is 1.38 bits per heavy atom. The van der Waals surface area contributed by atoms with Gasteiger partial charge in [0.2, 0.25) is 0 Å². The minimum absolute atomic E-state index is 0.0293. The van der Waals surface area contributed by atoms with Crippen LogP contribution in [0.25, 0.3) is 0 Å². The Morgan fingerprint density at radius 2 is 2.08 bits per heavy atom. The molecule has 3 rings (SSSR count). The molecule has 1 aromatic rings. The van der Waals surface area contributed by atoms with Crippen LogP contribution in [-0.2, 0) is 4.79 Å². The normalized spacial score (nSPS) is 24.9. The van der Waals surface area contributed by atoms with Crippen molar-refractivity contribution in [3.63, 3.8) is 0 Å². The van der Waals surface area contributed by atoms with Gasteiger partial charge in [0.1, 0.15) is 24.0 Å². The zero-order valence-corrected chi connectivity index (χ0v) is 14.3. The number of amides is 3. The van der Waals surface area contributed by atoms with E-state index in [4.69, 9.17) is 4.74 Å². The number of hydrogen-bond acceptors (Lipinski definition) is 4. The predicted molar refractivity (Wildman–Crippen MR) is 88.8 cm³/mol. The number of aryl methyl sites for hydroxylation is 2. The van der Waals surface area contributed by atoms with Crippen LogP contribution in [0.3, 0.4) is 0 Å². The molecule has 2 aliphatic rings. The lowest BCUT2D eigenvalue weighted by Crippen LogP contribution is -2.46. The highest BCUT2D eigenvalue weighted by Crippen LogP contribution is 2.42. The van der Waals surface area contributed by atoms with Gasteiger partial charge < -0.3 is 15.2 Å². The lowest BCUT2D eigenvalue weighted by atomic mass is 9.96. The molecule has 2 atom stereocenters. The van der Waals surface area contributed by atoms with Crippen molar-refractivity contribution < 1.29 is 19.4 Å². The first kappa shape index (κ1) is 16.8. The van der Waals surface area contributed by atoms with Crippen molar-refractivity contribution in [3.8, 4) is 5.75 Å². The van der Waals surface area contributed by atoms with Crippen molar-refractivity contribution in [2.45, 2.75) is 45.3 Å². The Labute approximate surface area is 141 Å². The topological polar surface area (TPSA) is 78.9 Å². The highest BCUT2D eigenvalue weighted by molar-refractivity contribution is 6.07. The van der Waals surface area contributed by atoms with Crippen LogP contribution in [0.15, 0.2) is 18.2 Å². The molecule has 0 spiro atoms. The maximum Gasteiger partial charge on any atom is 0.325 e. The number of aliphatic hydroxyl groups is 1. The molecule has 24 heavy (non-hydrogen) atoms. The first-order chi connectivity index (χ1) is 11.3. The van der Waals surface area contributed by atoms with Crippen molar-refractivity contribution in [1.29, 1.82) is 0 Å². The van der Waals surface area contributed by atoms with Crippen molar-refractivity contribution in [2.24, 2.45) is 5.92 Å². The van der Waals surface area contributed by atoms with Gasteiger partial charge in [0.25, 0.3) is 5.91 Å². The number of rotatable bonds is 6. The van der Waals surface area contributed by atoms with Gasteiger partial charge in [-0.3, -0.25) is 9.69 Å². The number of carbonyl (C=O) groups excluding carboxylic acids is 2. The Morgan fingerprint density at radius 3 is 2.75 bits per heavy atom. The van der Waals surface area contributed by atoms with Crippen LogP contribution >= 0.6 is 0 Å². The zero-order chi connectivity index (χ0) is 17.5. The molecule has 3 amide bonds. The van der Waals surface area contributed by atoms with Gasteiger partial charge in [-0.05, 0) is 56.7 Å². The average Bonchev–Trinajstić information content (AvgIpc) is 3.34. The van der Waals surface area contributed by atoms with Gasteiger partial charge in [0, 0.05) is 0 Å². The molecule has 6 nitrogen and oxygen atoms in total. The van der Waals surface area contributed by atoms with Gasteiger partial charge >= 0.3 is 6.03 Å². The summed E-state index contributed by atoms with van der Waals surface area (Å²) in [5.74, 6) is 0.664. The van der Waals surface area contributed by atoms with Gasteiger partial charge in [0.05, 0.1) is 6.54 Å². The molecule has 1 aliphatic heterocycles. The smallest absolute Gasteiger partial charge is 0.325 e. The minimum Gasteiger partial charge on any atom is -0.491 e. The molecule has 130 valence electrons. The van der Waals surface area contributed by atoms with Gasteiger partial charge in [-0.2, -0.15) is 0 Å². The largest absolute Gasteiger partial charge is 0.491 e. The van der Waals surface area contributed by atoms with E-state index in [1.807, 2.05) is 32.0 Å². The summed E-state index contributed by atoms with van der Waals surface area (Å²) in [4.78, 5) is 25.7. The molecule has 1 aromatic carbocycles. The Hall–Kier alpha value is -2.08. The van der Waals surface area contributed by atoms with Crippen LogP contribution < -0.4 is 10.1 Å². The molecule has 1 heterocycles. The van der Waals surface area contributed by atoms with E-state index in [9.17, 15) is 14.7 Å². The van der Waals surface area contributed by atoms with E-state index in [1.54, 1.807) is 6.92 Å². The lowest BCUT2D eigenvalue weighted by molar-refractivity contribution is -0.132. The van der Waals surface area contributed by atoms with E-state index in [2.05, 4.69) is 5.32 Å². The number of nitrogens with one attached hydrogen (secondary N) is 1. The third-order valence-electron chi connectivity index (χ3n) is 4.86. The quantitative estimate of drug-likeness (QED) is 0.778. The number of hydrogen-bond donors (Lipinski definition) is 2. The highest BCUT2D eigenvalue weighted by atomic mass is 16.5. The molecule has 0 bridgehead atoms. The summed E-state index contributed by atoms with van der Waals surface area (Å²) in [5.41, 5.74) is 1.23. The average molecular weight is 332 g/mol. The first-order valence-electron chi connectivity index (χ1n) is 8.33. The fraction of sp³-hybridized carbons (Fsp3) is 0.556. The molecule has 1 saturated carbocycles. The number of carbonyl (C=O) groups is 2. The molecule has 6 heteroatoms. The Balaban J connectivity index is 1.58. The van der Waals surface area contributed by atoms with Crippen molar-refractivity contribution >= 4 is 11.9 Å². The summed E-state index contributed by atoms with van der Waals surface area (Å²) in [5, 5.41) is 13.0. The van der Waals surface area contributed by atoms with E-state index < -0.39 is 17.7 Å². The standard InChI is InChI=1S/C18H24N2O4/c1-11-4-5-12(2)15(8-11)24-10-14(21)9-20-16(22)18(3,13-6-7-13)19-17(20)23/h4-5,8,13-14,21H,6-7,9-10H2,1-3H3,(H,19,23)/t14-,18-/m0/s1. The van der Waals surface area contributed by atoms with E-state index in [0.29, 0.717) is 5.75 Å². The molecule has 2 fully saturated rings. The molecule has 2 N–H and O–H groups in total. The summed E-state index contributed by atoms with van der Waals surface area (Å²) in [6, 6.07) is 5.42. The van der Waals surface area contributed by atoms with Gasteiger partial charge in [-0.15, -0.1) is 0 Å². The van der Waals surface area contributed by atoms with Crippen LogP contribution in [0.4, 0.5) is 4.79 Å². The van der Waals surface area contributed by atoms with Gasteiger partial charge in [0.15, 0.2) is 0 Å². The third-order valence-corrected chi connectivity index (χ3v) is 4.86. The number of β-amino-alcohol motifs (C(OH)–C–C–N with tert-alkyl or cyclic N) is 1. The van der Waals surface area contributed by atoms with E-state index in [-0.39, 0.29) is 25.0 Å². The fourth-order valence-electron chi connectivity index (χ4n) is 3.13. The molecule has 0 radical (unpaired) electrons. The number of aliphatic hydroxyl groups excluding tert-OH is 1. The monoisotopic (exact) mass is 332 g/mol. The predicted octanol–water partition coefficient (Wildman–Crippen LogP) is 1.76.